The Bertz CT molecular complexity index is 907. The number of hydrogen-bond acceptors (Lipinski definition) is 3. The molecule has 1 aromatic heterocycles. The summed E-state index contributed by atoms with van der Waals surface area (Å²) in [6.45, 7) is 0. The van der Waals surface area contributed by atoms with Crippen molar-refractivity contribution < 1.29 is 4.79 Å². The zero-order valence-electron chi connectivity index (χ0n) is 19.4. The molecule has 8 aliphatic carbocycles. The number of aromatic nitrogens is 1. The number of thiazole rings is 1. The molecule has 1 amide bonds. The van der Waals surface area contributed by atoms with E-state index in [1.54, 1.807) is 11.3 Å². The molecule has 1 heterocycles. The van der Waals surface area contributed by atoms with Crippen molar-refractivity contribution in [3.05, 3.63) is 15.9 Å². The minimum Gasteiger partial charge on any atom is -0.350 e. The van der Waals surface area contributed by atoms with E-state index in [4.69, 9.17) is 4.99 Å². The largest absolute Gasteiger partial charge is 0.350 e. The van der Waals surface area contributed by atoms with Crippen LogP contribution in [0.5, 0.6) is 0 Å². The van der Waals surface area contributed by atoms with Gasteiger partial charge in [0, 0.05) is 23.7 Å². The molecule has 0 radical (unpaired) electrons. The van der Waals surface area contributed by atoms with Gasteiger partial charge in [-0.2, -0.15) is 0 Å². The van der Waals surface area contributed by atoms with E-state index in [9.17, 15) is 4.79 Å². The Morgan fingerprint density at radius 1 is 0.938 bits per heavy atom. The van der Waals surface area contributed by atoms with Crippen molar-refractivity contribution in [2.45, 2.75) is 94.5 Å². The molecule has 0 saturated heterocycles. The predicted molar refractivity (Wildman–Crippen MR) is 130 cm³/mol. The second-order valence-corrected chi connectivity index (χ2v) is 13.6. The molecular weight excluding hydrogens is 438 g/mol. The van der Waals surface area contributed by atoms with E-state index < -0.39 is 0 Å². The number of nitrogens with zero attached hydrogens (tertiary/aromatic N) is 2. The monoisotopic (exact) mass is 475 g/mol. The number of rotatable bonds is 4. The van der Waals surface area contributed by atoms with Crippen LogP contribution in [0, 0.1) is 35.5 Å². The highest BCUT2D eigenvalue weighted by Crippen LogP contribution is 2.57. The lowest BCUT2D eigenvalue weighted by molar-refractivity contribution is -0.126. The van der Waals surface area contributed by atoms with Gasteiger partial charge in [0.05, 0.1) is 12.0 Å². The third-order valence-electron chi connectivity index (χ3n) is 10.1. The maximum absolute atomic E-state index is 13.1. The first-order chi connectivity index (χ1) is 14.9. The first-order valence-electron chi connectivity index (χ1n) is 13.0. The standard InChI is InChI=1S/C26H37N3OS.ClH/c1-29-22(8-23(30)27-25-9-16-2-17(10-25)4-18(3-16)11-25)15-31-24(29)28-26-12-19-5-20(13-26)7-21(6-19)14-26;/h15-21H,2-14H2,1H3,(H,27,30);1H. The third-order valence-corrected chi connectivity index (χ3v) is 11.1. The van der Waals surface area contributed by atoms with Gasteiger partial charge in [-0.05, 0) is 113 Å². The van der Waals surface area contributed by atoms with Crippen LogP contribution in [0.25, 0.3) is 0 Å². The predicted octanol–water partition coefficient (Wildman–Crippen LogP) is 5.01. The van der Waals surface area contributed by atoms with Gasteiger partial charge in [0.1, 0.15) is 0 Å². The molecule has 9 rings (SSSR count). The first kappa shape index (κ1) is 21.7. The van der Waals surface area contributed by atoms with Gasteiger partial charge in [-0.15, -0.1) is 23.7 Å². The Hall–Kier alpha value is -0.810. The Balaban J connectivity index is 0.00000196. The molecular formula is C26H38ClN3OS. The number of amides is 1. The maximum atomic E-state index is 13.1. The van der Waals surface area contributed by atoms with Gasteiger partial charge in [0.2, 0.25) is 5.91 Å². The van der Waals surface area contributed by atoms with Crippen LogP contribution >= 0.6 is 23.7 Å². The van der Waals surface area contributed by atoms with E-state index in [2.05, 4.69) is 22.3 Å². The van der Waals surface area contributed by atoms with Crippen LogP contribution in [-0.2, 0) is 18.3 Å². The minimum atomic E-state index is 0. The number of carbonyl (C=O) groups excluding carboxylic acids is 1. The lowest BCUT2D eigenvalue weighted by Crippen LogP contribution is -2.60. The van der Waals surface area contributed by atoms with Crippen molar-refractivity contribution in [3.8, 4) is 0 Å². The quantitative estimate of drug-likeness (QED) is 0.654. The summed E-state index contributed by atoms with van der Waals surface area (Å²) in [5, 5.41) is 5.75. The van der Waals surface area contributed by atoms with Crippen LogP contribution in [0.3, 0.4) is 0 Å². The molecule has 1 aromatic rings. The summed E-state index contributed by atoms with van der Waals surface area (Å²) >= 11 is 1.75. The van der Waals surface area contributed by atoms with Gasteiger partial charge in [-0.3, -0.25) is 9.79 Å². The van der Waals surface area contributed by atoms with E-state index in [-0.39, 0.29) is 29.4 Å². The van der Waals surface area contributed by atoms with Gasteiger partial charge >= 0.3 is 0 Å². The fourth-order valence-corrected chi connectivity index (χ4v) is 10.8. The fraction of sp³-hybridized carbons (Fsp3) is 0.846. The maximum Gasteiger partial charge on any atom is 0.226 e. The summed E-state index contributed by atoms with van der Waals surface area (Å²) < 4.78 is 2.22. The zero-order chi connectivity index (χ0) is 20.8. The lowest BCUT2D eigenvalue weighted by atomic mass is 9.53. The van der Waals surface area contributed by atoms with Gasteiger partial charge < -0.3 is 9.88 Å². The molecule has 8 bridgehead atoms. The van der Waals surface area contributed by atoms with Crippen molar-refractivity contribution in [1.29, 1.82) is 0 Å². The second-order valence-electron chi connectivity index (χ2n) is 12.7. The molecule has 1 N–H and O–H groups in total. The summed E-state index contributed by atoms with van der Waals surface area (Å²) in [5.74, 6) is 5.61. The van der Waals surface area contributed by atoms with Gasteiger partial charge in [-0.1, -0.05) is 0 Å². The summed E-state index contributed by atoms with van der Waals surface area (Å²) in [6, 6.07) is 0. The minimum absolute atomic E-state index is 0. The van der Waals surface area contributed by atoms with Crippen molar-refractivity contribution in [2.24, 2.45) is 47.5 Å². The molecule has 32 heavy (non-hydrogen) atoms. The zero-order valence-corrected chi connectivity index (χ0v) is 21.0. The summed E-state index contributed by atoms with van der Waals surface area (Å²) in [5.41, 5.74) is 1.46. The second kappa shape index (κ2) is 7.60. The van der Waals surface area contributed by atoms with E-state index in [1.165, 1.54) is 77.0 Å². The molecule has 8 saturated carbocycles. The Morgan fingerprint density at radius 3 is 1.91 bits per heavy atom. The van der Waals surface area contributed by atoms with Crippen LogP contribution in [0.2, 0.25) is 0 Å². The SMILES string of the molecule is Cl.Cn1c(CC(=O)NC23CC4CC(CC(C4)C2)C3)csc1=NC12CC3CC(CC(C3)C1)C2. The molecule has 0 aromatic carbocycles. The normalized spacial score (nSPS) is 45.8. The first-order valence-corrected chi connectivity index (χ1v) is 13.8. The average Bonchev–Trinajstić information content (AvgIpc) is 2.98. The molecule has 4 nitrogen and oxygen atoms in total. The van der Waals surface area contributed by atoms with Crippen molar-refractivity contribution in [1.82, 2.24) is 9.88 Å². The van der Waals surface area contributed by atoms with Gasteiger partial charge in [-0.25, -0.2) is 0 Å². The Kier molecular flexibility index (Phi) is 5.15. The average molecular weight is 476 g/mol. The van der Waals surface area contributed by atoms with E-state index >= 15 is 0 Å². The van der Waals surface area contributed by atoms with E-state index in [1.807, 2.05) is 0 Å². The number of hydrogen-bond donors (Lipinski definition) is 1. The molecule has 176 valence electrons. The molecule has 0 aliphatic heterocycles. The van der Waals surface area contributed by atoms with Gasteiger partial charge in [0.25, 0.3) is 0 Å². The smallest absolute Gasteiger partial charge is 0.226 e. The van der Waals surface area contributed by atoms with Gasteiger partial charge in [0.15, 0.2) is 4.80 Å². The topological polar surface area (TPSA) is 46.4 Å². The highest BCUT2D eigenvalue weighted by atomic mass is 35.5. The lowest BCUT2D eigenvalue weighted by Gasteiger charge is -2.56. The fourth-order valence-electron chi connectivity index (χ4n) is 9.84. The van der Waals surface area contributed by atoms with Crippen molar-refractivity contribution >= 4 is 29.7 Å². The van der Waals surface area contributed by atoms with Crippen LogP contribution in [0.15, 0.2) is 10.4 Å². The number of carbonyl (C=O) groups is 1. The van der Waals surface area contributed by atoms with Crippen molar-refractivity contribution in [2.75, 3.05) is 0 Å². The molecule has 0 spiro atoms. The number of nitrogens with one attached hydrogen (secondary N) is 1. The summed E-state index contributed by atoms with van der Waals surface area (Å²) in [7, 11) is 2.13. The van der Waals surface area contributed by atoms with Crippen LogP contribution in [-0.4, -0.2) is 21.6 Å². The van der Waals surface area contributed by atoms with Crippen LogP contribution in [0.4, 0.5) is 0 Å². The molecule has 8 aliphatic rings. The third kappa shape index (κ3) is 3.61. The molecule has 8 fully saturated rings. The summed E-state index contributed by atoms with van der Waals surface area (Å²) in [4.78, 5) is 19.7. The van der Waals surface area contributed by atoms with Crippen molar-refractivity contribution in [3.63, 3.8) is 0 Å². The van der Waals surface area contributed by atoms with E-state index in [0.717, 1.165) is 46.0 Å². The number of halogens is 1. The molecule has 6 heteroatoms. The Morgan fingerprint density at radius 2 is 1.41 bits per heavy atom. The van der Waals surface area contributed by atoms with E-state index in [0.29, 0.717) is 6.42 Å². The highest BCUT2D eigenvalue weighted by Gasteiger charge is 2.52. The highest BCUT2D eigenvalue weighted by molar-refractivity contribution is 7.07. The Labute approximate surface area is 202 Å². The molecule has 0 atom stereocenters. The summed E-state index contributed by atoms with van der Waals surface area (Å²) in [6.07, 6.45) is 16.7. The van der Waals surface area contributed by atoms with Crippen LogP contribution < -0.4 is 10.1 Å². The van der Waals surface area contributed by atoms with Crippen LogP contribution in [0.1, 0.15) is 82.7 Å². The molecule has 0 unspecified atom stereocenters.